The number of amides is 1. The first-order valence-electron chi connectivity index (χ1n) is 11.0. The zero-order valence-electron chi connectivity index (χ0n) is 19.2. The highest BCUT2D eigenvalue weighted by molar-refractivity contribution is 7.89. The molecule has 1 N–H and O–H groups in total. The van der Waals surface area contributed by atoms with Crippen LogP contribution in [0.5, 0.6) is 5.75 Å². The molecular weight excluding hydrogens is 482 g/mol. The second kappa shape index (κ2) is 10.4. The molecule has 1 heterocycles. The van der Waals surface area contributed by atoms with E-state index in [0.29, 0.717) is 33.3 Å². The topological polar surface area (TPSA) is 88.6 Å². The number of nitrogens with one attached hydrogen (secondary N) is 1. The van der Waals surface area contributed by atoms with Crippen LogP contribution in [-0.4, -0.2) is 43.3 Å². The lowest BCUT2D eigenvalue weighted by atomic mass is 10.0. The van der Waals surface area contributed by atoms with Gasteiger partial charge in [-0.1, -0.05) is 53.8 Å². The molecule has 7 nitrogen and oxygen atoms in total. The van der Waals surface area contributed by atoms with Gasteiger partial charge in [0, 0.05) is 13.1 Å². The normalized spacial score (nSPS) is 11.6. The van der Waals surface area contributed by atoms with E-state index in [1.807, 2.05) is 37.3 Å². The lowest BCUT2D eigenvalue weighted by Crippen LogP contribution is -2.31. The highest BCUT2D eigenvalue weighted by atomic mass is 32.2. The Morgan fingerprint density at radius 2 is 1.86 bits per heavy atom. The molecule has 1 amide bonds. The van der Waals surface area contributed by atoms with Gasteiger partial charge in [0.1, 0.15) is 5.75 Å². The lowest BCUT2D eigenvalue weighted by Gasteiger charge is -2.18. The molecule has 4 rings (SSSR count). The number of benzene rings is 3. The molecule has 0 bridgehead atoms. The van der Waals surface area contributed by atoms with E-state index in [1.165, 1.54) is 33.9 Å². The van der Waals surface area contributed by atoms with Crippen molar-refractivity contribution >= 4 is 53.4 Å². The second-order valence-electron chi connectivity index (χ2n) is 7.59. The molecule has 0 saturated carbocycles. The van der Waals surface area contributed by atoms with E-state index in [9.17, 15) is 13.2 Å². The molecule has 0 aliphatic rings. The van der Waals surface area contributed by atoms with Crippen molar-refractivity contribution in [1.82, 2.24) is 9.29 Å². The van der Waals surface area contributed by atoms with Crippen molar-refractivity contribution in [2.75, 3.05) is 25.0 Å². The number of nitrogens with zero attached hydrogens (tertiary/aromatic N) is 2. The van der Waals surface area contributed by atoms with Crippen molar-refractivity contribution < 1.29 is 17.9 Å². The van der Waals surface area contributed by atoms with E-state index in [2.05, 4.69) is 23.5 Å². The van der Waals surface area contributed by atoms with Gasteiger partial charge in [-0.25, -0.2) is 13.4 Å². The molecule has 1 aromatic heterocycles. The van der Waals surface area contributed by atoms with Gasteiger partial charge >= 0.3 is 0 Å². The minimum atomic E-state index is -3.74. The molecule has 0 spiro atoms. The summed E-state index contributed by atoms with van der Waals surface area (Å²) in [5, 5.41) is 4.92. The average molecular weight is 508 g/mol. The number of thiazole rings is 1. The highest BCUT2D eigenvalue weighted by Crippen LogP contribution is 2.32. The maximum atomic E-state index is 13.3. The van der Waals surface area contributed by atoms with Crippen molar-refractivity contribution in [3.8, 4) is 5.75 Å². The second-order valence-corrected chi connectivity index (χ2v) is 10.6. The Balaban J connectivity index is 1.68. The molecular formula is C26H25N3O4S2. The van der Waals surface area contributed by atoms with Crippen LogP contribution in [0.3, 0.4) is 0 Å². The van der Waals surface area contributed by atoms with Crippen molar-refractivity contribution in [2.45, 2.75) is 11.8 Å². The minimum absolute atomic E-state index is 0.142. The van der Waals surface area contributed by atoms with Gasteiger partial charge in [-0.3, -0.25) is 10.1 Å². The standard InChI is InChI=1S/C26H25N3O4S2/c1-4-15-29(16-5-2)35(31,32)19-12-13-21-23(17-19)34-26(27-21)28-25(30)24-20-10-8-7-9-18(20)11-14-22(24)33-6-3/h4-5,7-14,17H,1-2,6,15-16H2,3H3,(H,27,28,30). The van der Waals surface area contributed by atoms with Crippen molar-refractivity contribution in [1.29, 1.82) is 0 Å². The first kappa shape index (κ1) is 24.6. The number of carbonyl (C=O) groups excluding carboxylic acids is 1. The summed E-state index contributed by atoms with van der Waals surface area (Å²) in [4.78, 5) is 17.9. The fraction of sp³-hybridized carbons (Fsp3) is 0.154. The number of fused-ring (bicyclic) bond motifs is 2. The Morgan fingerprint density at radius 3 is 2.57 bits per heavy atom. The quantitative estimate of drug-likeness (QED) is 0.288. The molecule has 0 unspecified atom stereocenters. The monoisotopic (exact) mass is 507 g/mol. The number of anilines is 1. The van der Waals surface area contributed by atoms with Crippen LogP contribution in [0.2, 0.25) is 0 Å². The van der Waals surface area contributed by atoms with Gasteiger partial charge in [-0.05, 0) is 42.0 Å². The number of hydrogen-bond acceptors (Lipinski definition) is 6. The van der Waals surface area contributed by atoms with Crippen LogP contribution < -0.4 is 10.1 Å². The SMILES string of the molecule is C=CCN(CC=C)S(=O)(=O)c1ccc2nc(NC(=O)c3c(OCC)ccc4ccccc34)sc2c1. The summed E-state index contributed by atoms with van der Waals surface area (Å²) >= 11 is 1.21. The zero-order chi connectivity index (χ0) is 25.0. The van der Waals surface area contributed by atoms with E-state index in [-0.39, 0.29) is 23.9 Å². The summed E-state index contributed by atoms with van der Waals surface area (Å²) < 4.78 is 33.8. The number of ether oxygens (including phenoxy) is 1. The first-order valence-corrected chi connectivity index (χ1v) is 13.2. The van der Waals surface area contributed by atoms with Gasteiger partial charge in [0.2, 0.25) is 10.0 Å². The molecule has 0 aliphatic heterocycles. The Morgan fingerprint density at radius 1 is 1.11 bits per heavy atom. The molecule has 0 radical (unpaired) electrons. The van der Waals surface area contributed by atoms with Gasteiger partial charge in [0.15, 0.2) is 5.13 Å². The number of rotatable bonds is 10. The summed E-state index contributed by atoms with van der Waals surface area (Å²) in [7, 11) is -3.74. The van der Waals surface area contributed by atoms with E-state index < -0.39 is 10.0 Å². The molecule has 4 aromatic rings. The fourth-order valence-corrected chi connectivity index (χ4v) is 6.13. The Kier molecular flexibility index (Phi) is 7.30. The van der Waals surface area contributed by atoms with Crippen molar-refractivity contribution in [3.05, 3.63) is 85.5 Å². The van der Waals surface area contributed by atoms with Crippen LogP contribution in [0.1, 0.15) is 17.3 Å². The average Bonchev–Trinajstić information content (AvgIpc) is 3.25. The largest absolute Gasteiger partial charge is 0.493 e. The number of aromatic nitrogens is 1. The molecule has 180 valence electrons. The summed E-state index contributed by atoms with van der Waals surface area (Å²) in [5.41, 5.74) is 1.02. The summed E-state index contributed by atoms with van der Waals surface area (Å²) in [6.45, 7) is 9.89. The summed E-state index contributed by atoms with van der Waals surface area (Å²) in [6.07, 6.45) is 3.06. The van der Waals surface area contributed by atoms with Crippen LogP contribution in [0, 0.1) is 0 Å². The third kappa shape index (κ3) is 4.97. The van der Waals surface area contributed by atoms with Crippen LogP contribution in [0.25, 0.3) is 21.0 Å². The molecule has 3 aromatic carbocycles. The van der Waals surface area contributed by atoms with Crippen LogP contribution in [0.4, 0.5) is 5.13 Å². The molecule has 0 aliphatic carbocycles. The molecule has 9 heteroatoms. The third-order valence-corrected chi connectivity index (χ3v) is 8.06. The number of carbonyl (C=O) groups is 1. The Bertz CT molecular complexity index is 1520. The van der Waals surface area contributed by atoms with Gasteiger partial charge < -0.3 is 4.74 Å². The summed E-state index contributed by atoms with van der Waals surface area (Å²) in [6, 6.07) is 16.0. The summed E-state index contributed by atoms with van der Waals surface area (Å²) in [5.74, 6) is 0.142. The van der Waals surface area contributed by atoms with E-state index >= 15 is 0 Å². The van der Waals surface area contributed by atoms with E-state index in [4.69, 9.17) is 4.74 Å². The predicted molar refractivity (Wildman–Crippen MR) is 142 cm³/mol. The van der Waals surface area contributed by atoms with Gasteiger partial charge in [-0.2, -0.15) is 4.31 Å². The molecule has 35 heavy (non-hydrogen) atoms. The zero-order valence-corrected chi connectivity index (χ0v) is 20.9. The van der Waals surface area contributed by atoms with Crippen LogP contribution >= 0.6 is 11.3 Å². The number of sulfonamides is 1. The lowest BCUT2D eigenvalue weighted by molar-refractivity contribution is 0.102. The van der Waals surface area contributed by atoms with Gasteiger partial charge in [-0.15, -0.1) is 13.2 Å². The van der Waals surface area contributed by atoms with Crippen LogP contribution in [-0.2, 0) is 10.0 Å². The predicted octanol–water partition coefficient (Wildman–Crippen LogP) is 5.46. The van der Waals surface area contributed by atoms with Crippen LogP contribution in [0.15, 0.2) is 84.8 Å². The Hall–Kier alpha value is -3.53. The van der Waals surface area contributed by atoms with E-state index in [1.54, 1.807) is 18.2 Å². The minimum Gasteiger partial charge on any atom is -0.493 e. The maximum Gasteiger partial charge on any atom is 0.261 e. The highest BCUT2D eigenvalue weighted by Gasteiger charge is 2.24. The number of hydrogen-bond donors (Lipinski definition) is 1. The van der Waals surface area contributed by atoms with Gasteiger partial charge in [0.05, 0.1) is 27.3 Å². The molecule has 0 saturated heterocycles. The first-order chi connectivity index (χ1) is 16.9. The fourth-order valence-electron chi connectivity index (χ4n) is 3.75. The third-order valence-electron chi connectivity index (χ3n) is 5.30. The smallest absolute Gasteiger partial charge is 0.261 e. The maximum absolute atomic E-state index is 13.3. The molecule has 0 fully saturated rings. The Labute approximate surface area is 208 Å². The van der Waals surface area contributed by atoms with Gasteiger partial charge in [0.25, 0.3) is 5.91 Å². The van der Waals surface area contributed by atoms with E-state index in [0.717, 1.165) is 10.8 Å². The van der Waals surface area contributed by atoms with Crippen molar-refractivity contribution in [3.63, 3.8) is 0 Å². The van der Waals surface area contributed by atoms with Crippen molar-refractivity contribution in [2.24, 2.45) is 0 Å². The molecule has 0 atom stereocenters.